The lowest BCUT2D eigenvalue weighted by Crippen LogP contribution is -2.40. The molecule has 0 saturated carbocycles. The van der Waals surface area contributed by atoms with Crippen LogP contribution in [0.4, 0.5) is 4.39 Å². The number of aryl methyl sites for hydroxylation is 1. The average molecular weight is 345 g/mol. The SMILES string of the molecule is CN=C(NCc1ccc(-n2ccnc2C)c(F)c1)NCC1CCCO1. The van der Waals surface area contributed by atoms with Gasteiger partial charge in [0.25, 0.3) is 0 Å². The molecule has 2 heterocycles. The molecule has 0 bridgehead atoms. The lowest BCUT2D eigenvalue weighted by atomic mass is 10.2. The van der Waals surface area contributed by atoms with Gasteiger partial charge in [-0.1, -0.05) is 6.07 Å². The predicted molar refractivity (Wildman–Crippen MR) is 95.4 cm³/mol. The van der Waals surface area contributed by atoms with Gasteiger partial charge in [0.2, 0.25) is 0 Å². The van der Waals surface area contributed by atoms with Gasteiger partial charge in [-0.15, -0.1) is 0 Å². The minimum atomic E-state index is -0.275. The quantitative estimate of drug-likeness (QED) is 0.644. The van der Waals surface area contributed by atoms with Crippen LogP contribution >= 0.6 is 0 Å². The van der Waals surface area contributed by atoms with Crippen molar-refractivity contribution in [2.45, 2.75) is 32.4 Å². The molecule has 1 aromatic carbocycles. The molecule has 3 rings (SSSR count). The third-order valence-corrected chi connectivity index (χ3v) is 4.30. The second kappa shape index (κ2) is 8.11. The number of hydrogen-bond donors (Lipinski definition) is 2. The highest BCUT2D eigenvalue weighted by molar-refractivity contribution is 5.79. The van der Waals surface area contributed by atoms with Crippen LogP contribution in [0.25, 0.3) is 5.69 Å². The van der Waals surface area contributed by atoms with Crippen molar-refractivity contribution >= 4 is 5.96 Å². The third-order valence-electron chi connectivity index (χ3n) is 4.30. The molecule has 0 aliphatic carbocycles. The summed E-state index contributed by atoms with van der Waals surface area (Å²) in [7, 11) is 1.72. The summed E-state index contributed by atoms with van der Waals surface area (Å²) >= 11 is 0. The molecule has 2 aromatic rings. The molecule has 0 spiro atoms. The van der Waals surface area contributed by atoms with Crippen LogP contribution in [-0.4, -0.2) is 41.8 Å². The number of aromatic nitrogens is 2. The van der Waals surface area contributed by atoms with Gasteiger partial charge in [0.05, 0.1) is 11.8 Å². The molecule has 6 nitrogen and oxygen atoms in total. The van der Waals surface area contributed by atoms with Gasteiger partial charge in [0.15, 0.2) is 5.96 Å². The highest BCUT2D eigenvalue weighted by Gasteiger charge is 2.15. The molecule has 1 aliphatic rings. The van der Waals surface area contributed by atoms with E-state index in [1.807, 2.05) is 13.0 Å². The first-order valence-corrected chi connectivity index (χ1v) is 8.52. The standard InChI is InChI=1S/C18H24FN5O/c1-13-21-7-8-24(13)17-6-5-14(10-16(17)19)11-22-18(20-2)23-12-15-4-3-9-25-15/h5-8,10,15H,3-4,9,11-12H2,1-2H3,(H2,20,22,23). The third kappa shape index (κ3) is 4.36. The van der Waals surface area contributed by atoms with Crippen molar-refractivity contribution in [1.82, 2.24) is 20.2 Å². The normalized spacial score (nSPS) is 17.7. The molecule has 1 aliphatic heterocycles. The Balaban J connectivity index is 1.57. The number of nitrogens with one attached hydrogen (secondary N) is 2. The Morgan fingerprint density at radius 3 is 2.96 bits per heavy atom. The van der Waals surface area contributed by atoms with Crippen molar-refractivity contribution in [2.75, 3.05) is 20.2 Å². The fourth-order valence-electron chi connectivity index (χ4n) is 2.91. The van der Waals surface area contributed by atoms with Gasteiger partial charge in [-0.05, 0) is 37.5 Å². The first-order valence-electron chi connectivity index (χ1n) is 8.52. The summed E-state index contributed by atoms with van der Waals surface area (Å²) in [6.45, 7) is 3.90. The van der Waals surface area contributed by atoms with Gasteiger partial charge >= 0.3 is 0 Å². The lowest BCUT2D eigenvalue weighted by molar-refractivity contribution is 0.114. The van der Waals surface area contributed by atoms with Gasteiger partial charge in [0, 0.05) is 39.1 Å². The van der Waals surface area contributed by atoms with Crippen LogP contribution in [0.3, 0.4) is 0 Å². The number of benzene rings is 1. The number of rotatable bonds is 5. The average Bonchev–Trinajstić information content (AvgIpc) is 3.27. The second-order valence-electron chi connectivity index (χ2n) is 6.07. The van der Waals surface area contributed by atoms with Crippen molar-refractivity contribution in [1.29, 1.82) is 0 Å². The van der Waals surface area contributed by atoms with Gasteiger partial charge in [0.1, 0.15) is 11.6 Å². The number of guanidine groups is 1. The molecule has 0 radical (unpaired) electrons. The van der Waals surface area contributed by atoms with Crippen LogP contribution in [0.1, 0.15) is 24.2 Å². The topological polar surface area (TPSA) is 63.5 Å². The largest absolute Gasteiger partial charge is 0.376 e. The maximum Gasteiger partial charge on any atom is 0.191 e. The van der Waals surface area contributed by atoms with Crippen molar-refractivity contribution in [3.05, 3.63) is 47.8 Å². The molecule has 0 amide bonds. The van der Waals surface area contributed by atoms with E-state index in [1.165, 1.54) is 6.07 Å². The number of hydrogen-bond acceptors (Lipinski definition) is 3. The molecular weight excluding hydrogens is 321 g/mol. The molecule has 1 atom stereocenters. The Labute approximate surface area is 147 Å². The van der Waals surface area contributed by atoms with E-state index in [0.29, 0.717) is 18.2 Å². The molecular formula is C18H24FN5O. The Morgan fingerprint density at radius 1 is 1.44 bits per heavy atom. The lowest BCUT2D eigenvalue weighted by Gasteiger charge is -2.15. The summed E-state index contributed by atoms with van der Waals surface area (Å²) in [5.74, 6) is 1.16. The zero-order valence-electron chi connectivity index (χ0n) is 14.6. The van der Waals surface area contributed by atoms with Crippen LogP contribution < -0.4 is 10.6 Å². The summed E-state index contributed by atoms with van der Waals surface area (Å²) in [6.07, 6.45) is 5.84. The number of ether oxygens (including phenoxy) is 1. The van der Waals surface area contributed by atoms with E-state index in [4.69, 9.17) is 4.74 Å². The van der Waals surface area contributed by atoms with Gasteiger partial charge in [-0.2, -0.15) is 0 Å². The number of imidazole rings is 1. The van der Waals surface area contributed by atoms with E-state index in [-0.39, 0.29) is 11.9 Å². The molecule has 1 saturated heterocycles. The Morgan fingerprint density at radius 2 is 2.32 bits per heavy atom. The van der Waals surface area contributed by atoms with Crippen LogP contribution in [-0.2, 0) is 11.3 Å². The fourth-order valence-corrected chi connectivity index (χ4v) is 2.91. The molecule has 7 heteroatoms. The van der Waals surface area contributed by atoms with Gasteiger partial charge in [-0.3, -0.25) is 4.99 Å². The first-order chi connectivity index (χ1) is 12.2. The number of aliphatic imine (C=N–C) groups is 1. The Hall–Kier alpha value is -2.41. The first kappa shape index (κ1) is 17.4. The summed E-state index contributed by atoms with van der Waals surface area (Å²) in [5, 5.41) is 6.45. The minimum Gasteiger partial charge on any atom is -0.376 e. The van der Waals surface area contributed by atoms with E-state index in [9.17, 15) is 4.39 Å². The maximum absolute atomic E-state index is 14.4. The summed E-state index contributed by atoms with van der Waals surface area (Å²) in [5.41, 5.74) is 1.35. The van der Waals surface area contributed by atoms with E-state index in [0.717, 1.165) is 37.4 Å². The van der Waals surface area contributed by atoms with Gasteiger partial charge < -0.3 is 19.9 Å². The molecule has 1 unspecified atom stereocenters. The highest BCUT2D eigenvalue weighted by Crippen LogP contribution is 2.16. The minimum absolute atomic E-state index is 0.244. The van der Waals surface area contributed by atoms with Crippen molar-refractivity contribution in [3.8, 4) is 5.69 Å². The molecule has 1 aromatic heterocycles. The zero-order chi connectivity index (χ0) is 17.6. The van der Waals surface area contributed by atoms with Crippen LogP contribution in [0, 0.1) is 12.7 Å². The van der Waals surface area contributed by atoms with Crippen LogP contribution in [0.5, 0.6) is 0 Å². The number of nitrogens with zero attached hydrogens (tertiary/aromatic N) is 3. The second-order valence-corrected chi connectivity index (χ2v) is 6.07. The van der Waals surface area contributed by atoms with E-state index in [2.05, 4.69) is 20.6 Å². The van der Waals surface area contributed by atoms with E-state index in [1.54, 1.807) is 30.1 Å². The summed E-state index contributed by atoms with van der Waals surface area (Å²) in [6, 6.07) is 5.21. The van der Waals surface area contributed by atoms with E-state index < -0.39 is 0 Å². The van der Waals surface area contributed by atoms with Crippen LogP contribution in [0.2, 0.25) is 0 Å². The van der Waals surface area contributed by atoms with Crippen molar-refractivity contribution in [2.24, 2.45) is 4.99 Å². The smallest absolute Gasteiger partial charge is 0.191 e. The van der Waals surface area contributed by atoms with Gasteiger partial charge in [-0.25, -0.2) is 9.37 Å². The van der Waals surface area contributed by atoms with Crippen LogP contribution in [0.15, 0.2) is 35.6 Å². The maximum atomic E-state index is 14.4. The highest BCUT2D eigenvalue weighted by atomic mass is 19.1. The Kier molecular flexibility index (Phi) is 5.65. The molecule has 2 N–H and O–H groups in total. The van der Waals surface area contributed by atoms with Crippen molar-refractivity contribution < 1.29 is 9.13 Å². The van der Waals surface area contributed by atoms with Crippen molar-refractivity contribution in [3.63, 3.8) is 0 Å². The predicted octanol–water partition coefficient (Wildman–Crippen LogP) is 2.16. The number of halogens is 1. The molecule has 25 heavy (non-hydrogen) atoms. The fraction of sp³-hybridized carbons (Fsp3) is 0.444. The molecule has 1 fully saturated rings. The summed E-state index contributed by atoms with van der Waals surface area (Å²) < 4.78 is 21.7. The zero-order valence-corrected chi connectivity index (χ0v) is 14.6. The van der Waals surface area contributed by atoms with E-state index >= 15 is 0 Å². The Bertz CT molecular complexity index is 737. The molecule has 134 valence electrons. The summed E-state index contributed by atoms with van der Waals surface area (Å²) in [4.78, 5) is 8.32. The monoisotopic (exact) mass is 345 g/mol.